The van der Waals surface area contributed by atoms with Gasteiger partial charge in [-0.15, -0.1) is 12.6 Å². The number of thiol groups is 1. The Hall–Kier alpha value is -0.550. The summed E-state index contributed by atoms with van der Waals surface area (Å²) in [6, 6.07) is 3.87. The van der Waals surface area contributed by atoms with Crippen LogP contribution in [0.1, 0.15) is 5.56 Å². The molecule has 0 unspecified atom stereocenters. The van der Waals surface area contributed by atoms with Crippen molar-refractivity contribution in [3.05, 3.63) is 29.6 Å². The van der Waals surface area contributed by atoms with Crippen molar-refractivity contribution in [2.75, 3.05) is 6.26 Å². The Morgan fingerprint density at radius 2 is 2.08 bits per heavy atom. The van der Waals surface area contributed by atoms with Crippen LogP contribution in [0.3, 0.4) is 0 Å². The Kier molecular flexibility index (Phi) is 2.98. The second kappa shape index (κ2) is 3.67. The summed E-state index contributed by atoms with van der Waals surface area (Å²) >= 11 is 4.03. The zero-order valence-electron chi connectivity index (χ0n) is 6.99. The first kappa shape index (κ1) is 10.5. The lowest BCUT2D eigenvalue weighted by Crippen LogP contribution is -2.01. The second-order valence-corrected chi connectivity index (χ2v) is 5.47. The topological polar surface area (TPSA) is 34.1 Å². The third kappa shape index (κ3) is 3.36. The Morgan fingerprint density at radius 3 is 2.62 bits per heavy atom. The van der Waals surface area contributed by atoms with E-state index in [1.54, 1.807) is 0 Å². The molecule has 0 saturated heterocycles. The molecular formula is C8H9FO2S2. The van der Waals surface area contributed by atoms with Crippen LogP contribution in [0.5, 0.6) is 0 Å². The van der Waals surface area contributed by atoms with Crippen LogP contribution < -0.4 is 0 Å². The highest BCUT2D eigenvalue weighted by molar-refractivity contribution is 7.90. The molecule has 5 heteroatoms. The van der Waals surface area contributed by atoms with E-state index in [9.17, 15) is 12.8 Å². The van der Waals surface area contributed by atoms with Crippen molar-refractivity contribution in [1.82, 2.24) is 0 Å². The average molecular weight is 220 g/mol. The van der Waals surface area contributed by atoms with E-state index in [-0.39, 0.29) is 5.75 Å². The van der Waals surface area contributed by atoms with Crippen LogP contribution in [0.2, 0.25) is 0 Å². The van der Waals surface area contributed by atoms with Crippen LogP contribution in [0.15, 0.2) is 23.1 Å². The van der Waals surface area contributed by atoms with Crippen molar-refractivity contribution in [1.29, 1.82) is 0 Å². The number of halogens is 1. The molecule has 0 radical (unpaired) electrons. The SMILES string of the molecule is CS(=O)(=O)Cc1cc(F)ccc1S. The number of hydrogen-bond donors (Lipinski definition) is 1. The quantitative estimate of drug-likeness (QED) is 0.769. The van der Waals surface area contributed by atoms with Crippen molar-refractivity contribution in [2.45, 2.75) is 10.6 Å². The molecule has 0 aromatic heterocycles. The molecule has 0 bridgehead atoms. The van der Waals surface area contributed by atoms with Crippen molar-refractivity contribution in [2.24, 2.45) is 0 Å². The molecule has 13 heavy (non-hydrogen) atoms. The van der Waals surface area contributed by atoms with E-state index >= 15 is 0 Å². The van der Waals surface area contributed by atoms with Crippen LogP contribution in [0, 0.1) is 5.82 Å². The molecule has 0 N–H and O–H groups in total. The molecule has 72 valence electrons. The predicted molar refractivity (Wildman–Crippen MR) is 52.2 cm³/mol. The highest BCUT2D eigenvalue weighted by atomic mass is 32.2. The van der Waals surface area contributed by atoms with Gasteiger partial charge in [-0.05, 0) is 23.8 Å². The van der Waals surface area contributed by atoms with Gasteiger partial charge in [0.15, 0.2) is 9.84 Å². The first-order valence-electron chi connectivity index (χ1n) is 3.53. The minimum atomic E-state index is -3.13. The summed E-state index contributed by atoms with van der Waals surface area (Å²) in [6.07, 6.45) is 1.10. The molecule has 1 aromatic rings. The number of rotatable bonds is 2. The summed E-state index contributed by atoms with van der Waals surface area (Å²) < 4.78 is 34.5. The zero-order valence-corrected chi connectivity index (χ0v) is 8.70. The van der Waals surface area contributed by atoms with Gasteiger partial charge in [0.2, 0.25) is 0 Å². The second-order valence-electron chi connectivity index (χ2n) is 2.84. The Labute approximate surface area is 82.1 Å². The summed E-state index contributed by atoms with van der Waals surface area (Å²) in [5, 5.41) is 0. The van der Waals surface area contributed by atoms with E-state index in [1.165, 1.54) is 18.2 Å². The monoisotopic (exact) mass is 220 g/mol. The van der Waals surface area contributed by atoms with Gasteiger partial charge in [-0.25, -0.2) is 12.8 Å². The molecule has 0 heterocycles. The molecule has 0 spiro atoms. The third-order valence-electron chi connectivity index (χ3n) is 1.46. The van der Waals surface area contributed by atoms with Gasteiger partial charge in [0, 0.05) is 11.2 Å². The van der Waals surface area contributed by atoms with Gasteiger partial charge < -0.3 is 0 Å². The Balaban J connectivity index is 3.08. The molecule has 0 atom stereocenters. The summed E-state index contributed by atoms with van der Waals surface area (Å²) in [6.45, 7) is 0. The van der Waals surface area contributed by atoms with E-state index in [2.05, 4.69) is 12.6 Å². The highest BCUT2D eigenvalue weighted by Gasteiger charge is 2.08. The molecule has 1 aromatic carbocycles. The molecule has 0 aliphatic heterocycles. The minimum absolute atomic E-state index is 0.177. The van der Waals surface area contributed by atoms with Gasteiger partial charge in [0.1, 0.15) is 5.82 Å². The summed E-state index contributed by atoms with van der Waals surface area (Å²) in [5.41, 5.74) is 0.394. The van der Waals surface area contributed by atoms with Gasteiger partial charge in [-0.3, -0.25) is 0 Å². The lowest BCUT2D eigenvalue weighted by Gasteiger charge is -2.02. The van der Waals surface area contributed by atoms with Crippen LogP contribution in [-0.4, -0.2) is 14.7 Å². The van der Waals surface area contributed by atoms with E-state index in [0.29, 0.717) is 10.5 Å². The molecule has 0 fully saturated rings. The van der Waals surface area contributed by atoms with Crippen molar-refractivity contribution in [3.63, 3.8) is 0 Å². The fourth-order valence-corrected chi connectivity index (χ4v) is 2.08. The summed E-state index contributed by atoms with van der Waals surface area (Å²) in [4.78, 5) is 0.492. The van der Waals surface area contributed by atoms with Gasteiger partial charge in [-0.1, -0.05) is 0 Å². The largest absolute Gasteiger partial charge is 0.229 e. The summed E-state index contributed by atoms with van der Waals surface area (Å²) in [7, 11) is -3.13. The van der Waals surface area contributed by atoms with Crippen LogP contribution in [-0.2, 0) is 15.6 Å². The van der Waals surface area contributed by atoms with Crippen LogP contribution in [0.25, 0.3) is 0 Å². The van der Waals surface area contributed by atoms with Gasteiger partial charge >= 0.3 is 0 Å². The molecule has 0 aliphatic carbocycles. The summed E-state index contributed by atoms with van der Waals surface area (Å²) in [5.74, 6) is -0.625. The van der Waals surface area contributed by atoms with Gasteiger partial charge in [0.25, 0.3) is 0 Å². The lowest BCUT2D eigenvalue weighted by atomic mass is 10.2. The van der Waals surface area contributed by atoms with E-state index in [0.717, 1.165) is 6.26 Å². The Bertz CT molecular complexity index is 412. The maximum absolute atomic E-state index is 12.7. The van der Waals surface area contributed by atoms with Gasteiger partial charge in [-0.2, -0.15) is 0 Å². The smallest absolute Gasteiger partial charge is 0.151 e. The number of hydrogen-bond acceptors (Lipinski definition) is 3. The molecule has 0 amide bonds. The minimum Gasteiger partial charge on any atom is -0.229 e. The van der Waals surface area contributed by atoms with Crippen LogP contribution >= 0.6 is 12.6 Å². The normalized spacial score (nSPS) is 11.6. The van der Waals surface area contributed by atoms with E-state index < -0.39 is 15.7 Å². The maximum Gasteiger partial charge on any atom is 0.151 e. The number of benzene rings is 1. The predicted octanol–water partition coefficient (Wildman–Crippen LogP) is 1.66. The lowest BCUT2D eigenvalue weighted by molar-refractivity contribution is 0.599. The average Bonchev–Trinajstić information content (AvgIpc) is 1.94. The fraction of sp³-hybridized carbons (Fsp3) is 0.250. The van der Waals surface area contributed by atoms with Crippen molar-refractivity contribution in [3.8, 4) is 0 Å². The first-order chi connectivity index (χ1) is 5.88. The first-order valence-corrected chi connectivity index (χ1v) is 6.04. The molecular weight excluding hydrogens is 211 g/mol. The van der Waals surface area contributed by atoms with E-state index in [1.807, 2.05) is 0 Å². The molecule has 0 aliphatic rings. The third-order valence-corrected chi connectivity index (χ3v) is 2.73. The number of sulfone groups is 1. The zero-order chi connectivity index (χ0) is 10.1. The Morgan fingerprint density at radius 1 is 1.46 bits per heavy atom. The van der Waals surface area contributed by atoms with Crippen LogP contribution in [0.4, 0.5) is 4.39 Å². The standard InChI is InChI=1S/C8H9FO2S2/c1-13(10,11)5-6-4-7(9)2-3-8(6)12/h2-4,12H,5H2,1H3. The van der Waals surface area contributed by atoms with E-state index in [4.69, 9.17) is 0 Å². The molecule has 2 nitrogen and oxygen atoms in total. The maximum atomic E-state index is 12.7. The molecule has 0 saturated carbocycles. The van der Waals surface area contributed by atoms with Crippen molar-refractivity contribution >= 4 is 22.5 Å². The fourth-order valence-electron chi connectivity index (χ4n) is 0.952. The van der Waals surface area contributed by atoms with Gasteiger partial charge in [0.05, 0.1) is 5.75 Å². The molecule has 1 rings (SSSR count). The van der Waals surface area contributed by atoms with Crippen molar-refractivity contribution < 1.29 is 12.8 Å². The highest BCUT2D eigenvalue weighted by Crippen LogP contribution is 2.17.